The van der Waals surface area contributed by atoms with Crippen LogP contribution in [0.3, 0.4) is 0 Å². The van der Waals surface area contributed by atoms with Crippen molar-refractivity contribution in [2.24, 2.45) is 0 Å². The molecule has 23 heavy (non-hydrogen) atoms. The van der Waals surface area contributed by atoms with Gasteiger partial charge >= 0.3 is 5.97 Å². The Morgan fingerprint density at radius 2 is 1.83 bits per heavy atom. The highest BCUT2D eigenvalue weighted by Gasteiger charge is 2.21. The van der Waals surface area contributed by atoms with Gasteiger partial charge in [-0.2, -0.15) is 0 Å². The van der Waals surface area contributed by atoms with E-state index < -0.39 is 11.2 Å². The number of aliphatic carboxylic acids is 1. The molecule has 0 aliphatic heterocycles. The number of ether oxygens (including phenoxy) is 2. The maximum Gasteiger partial charge on any atom is 0.317 e. The first-order valence-corrected chi connectivity index (χ1v) is 8.08. The van der Waals surface area contributed by atoms with Crippen LogP contribution in [0, 0.1) is 6.92 Å². The zero-order valence-corrected chi connectivity index (χ0v) is 14.2. The van der Waals surface area contributed by atoms with Crippen LogP contribution in [0.1, 0.15) is 11.1 Å². The second-order valence-corrected chi connectivity index (χ2v) is 6.42. The van der Waals surface area contributed by atoms with Gasteiger partial charge in [0.1, 0.15) is 16.7 Å². The van der Waals surface area contributed by atoms with Gasteiger partial charge in [0, 0.05) is 11.0 Å². The first-order chi connectivity index (χ1) is 11.0. The number of aryl methyl sites for hydroxylation is 1. The molecule has 0 aromatic heterocycles. The van der Waals surface area contributed by atoms with Crippen LogP contribution in [-0.4, -0.2) is 30.5 Å². The van der Waals surface area contributed by atoms with E-state index in [0.717, 1.165) is 16.0 Å². The summed E-state index contributed by atoms with van der Waals surface area (Å²) in [5, 5.41) is 8.95. The molecule has 2 aromatic carbocycles. The third-order valence-corrected chi connectivity index (χ3v) is 4.67. The number of thioether (sulfide) groups is 1. The summed E-state index contributed by atoms with van der Waals surface area (Å²) in [7, 11) is 3.16. The maximum absolute atomic E-state index is 11.6. The summed E-state index contributed by atoms with van der Waals surface area (Å²) in [6.45, 7) is 2.01. The van der Waals surface area contributed by atoms with Gasteiger partial charge in [-0.25, -0.2) is 0 Å². The molecule has 0 unspecified atom stereocenters. The van der Waals surface area contributed by atoms with Crippen LogP contribution in [0.15, 0.2) is 47.4 Å². The van der Waals surface area contributed by atoms with Gasteiger partial charge in [-0.3, -0.25) is 4.79 Å². The maximum atomic E-state index is 11.6. The third kappa shape index (κ3) is 4.66. The fourth-order valence-corrected chi connectivity index (χ4v) is 3.17. The standard InChI is InChI=1S/C18H20O4S/c1-12-4-8-15(9-5-12)23-17(18(19)20)10-13-6-7-14(21-2)11-16(13)22-3/h4-9,11,17H,10H2,1-3H3,(H,19,20)/t17-/m0/s1. The second kappa shape index (κ2) is 7.92. The molecule has 0 amide bonds. The molecule has 0 aliphatic rings. The van der Waals surface area contributed by atoms with E-state index in [-0.39, 0.29) is 0 Å². The van der Waals surface area contributed by atoms with E-state index in [1.807, 2.05) is 43.3 Å². The molecule has 2 rings (SSSR count). The summed E-state index contributed by atoms with van der Waals surface area (Å²) in [5.41, 5.74) is 2.00. The van der Waals surface area contributed by atoms with Crippen molar-refractivity contribution in [2.75, 3.05) is 14.2 Å². The number of rotatable bonds is 7. The normalized spacial score (nSPS) is 11.8. The monoisotopic (exact) mass is 332 g/mol. The minimum atomic E-state index is -0.839. The number of benzene rings is 2. The SMILES string of the molecule is COc1ccc(C[C@H](Sc2ccc(C)cc2)C(=O)O)c(OC)c1. The zero-order valence-electron chi connectivity index (χ0n) is 13.4. The Labute approximate surface area is 140 Å². The summed E-state index contributed by atoms with van der Waals surface area (Å²) < 4.78 is 10.5. The van der Waals surface area contributed by atoms with Gasteiger partial charge < -0.3 is 14.6 Å². The lowest BCUT2D eigenvalue weighted by Crippen LogP contribution is -2.19. The Morgan fingerprint density at radius 1 is 1.13 bits per heavy atom. The molecule has 1 atom stereocenters. The van der Waals surface area contributed by atoms with Crippen molar-refractivity contribution in [2.45, 2.75) is 23.5 Å². The Morgan fingerprint density at radius 3 is 2.39 bits per heavy atom. The lowest BCUT2D eigenvalue weighted by Gasteiger charge is -2.15. The number of carboxylic acid groups (broad SMARTS) is 1. The molecule has 1 N–H and O–H groups in total. The fraction of sp³-hybridized carbons (Fsp3) is 0.278. The lowest BCUT2D eigenvalue weighted by atomic mass is 10.1. The van der Waals surface area contributed by atoms with E-state index >= 15 is 0 Å². The van der Waals surface area contributed by atoms with Gasteiger partial charge in [-0.05, 0) is 37.1 Å². The molecule has 122 valence electrons. The molecule has 0 spiro atoms. The van der Waals surface area contributed by atoms with Crippen molar-refractivity contribution in [1.29, 1.82) is 0 Å². The van der Waals surface area contributed by atoms with Gasteiger partial charge in [-0.1, -0.05) is 23.8 Å². The van der Waals surface area contributed by atoms with Crippen LogP contribution < -0.4 is 9.47 Å². The highest BCUT2D eigenvalue weighted by Crippen LogP contribution is 2.31. The summed E-state index contributed by atoms with van der Waals surface area (Å²) in [6.07, 6.45) is 0.376. The number of methoxy groups -OCH3 is 2. The summed E-state index contributed by atoms with van der Waals surface area (Å²) in [6, 6.07) is 13.3. The molecule has 5 heteroatoms. The van der Waals surface area contributed by atoms with Crippen molar-refractivity contribution in [1.82, 2.24) is 0 Å². The van der Waals surface area contributed by atoms with Crippen LogP contribution in [-0.2, 0) is 11.2 Å². The second-order valence-electron chi connectivity index (χ2n) is 5.14. The molecular formula is C18H20O4S. The van der Waals surface area contributed by atoms with Crippen molar-refractivity contribution in [3.05, 3.63) is 53.6 Å². The Balaban J connectivity index is 2.19. The average molecular weight is 332 g/mol. The smallest absolute Gasteiger partial charge is 0.317 e. The van der Waals surface area contributed by atoms with Gasteiger partial charge in [0.25, 0.3) is 0 Å². The van der Waals surface area contributed by atoms with E-state index in [9.17, 15) is 9.90 Å². The first-order valence-electron chi connectivity index (χ1n) is 7.20. The molecular weight excluding hydrogens is 312 g/mol. The number of carbonyl (C=O) groups is 1. The van der Waals surface area contributed by atoms with Crippen LogP contribution in [0.25, 0.3) is 0 Å². The third-order valence-electron chi connectivity index (χ3n) is 3.47. The summed E-state index contributed by atoms with van der Waals surface area (Å²) >= 11 is 1.34. The van der Waals surface area contributed by atoms with Crippen molar-refractivity contribution in [3.63, 3.8) is 0 Å². The topological polar surface area (TPSA) is 55.8 Å². The van der Waals surface area contributed by atoms with Crippen LogP contribution >= 0.6 is 11.8 Å². The average Bonchev–Trinajstić information content (AvgIpc) is 2.56. The molecule has 4 nitrogen and oxygen atoms in total. The highest BCUT2D eigenvalue weighted by atomic mass is 32.2. The van der Waals surface area contributed by atoms with E-state index in [4.69, 9.17) is 9.47 Å². The summed E-state index contributed by atoms with van der Waals surface area (Å²) in [4.78, 5) is 12.6. The lowest BCUT2D eigenvalue weighted by molar-refractivity contribution is -0.136. The molecule has 0 saturated carbocycles. The molecule has 0 saturated heterocycles. The molecule has 0 aliphatic carbocycles. The molecule has 0 radical (unpaired) electrons. The predicted molar refractivity (Wildman–Crippen MR) is 91.7 cm³/mol. The Kier molecular flexibility index (Phi) is 5.93. The minimum Gasteiger partial charge on any atom is -0.497 e. The number of hydrogen-bond acceptors (Lipinski definition) is 4. The van der Waals surface area contributed by atoms with Gasteiger partial charge in [0.05, 0.1) is 14.2 Å². The van der Waals surface area contributed by atoms with E-state index in [0.29, 0.717) is 17.9 Å². The molecule has 0 fully saturated rings. The minimum absolute atomic E-state index is 0.376. The van der Waals surface area contributed by atoms with Gasteiger partial charge in [0.15, 0.2) is 0 Å². The largest absolute Gasteiger partial charge is 0.497 e. The highest BCUT2D eigenvalue weighted by molar-refractivity contribution is 8.00. The van der Waals surface area contributed by atoms with Crippen molar-refractivity contribution < 1.29 is 19.4 Å². The van der Waals surface area contributed by atoms with Crippen LogP contribution in [0.5, 0.6) is 11.5 Å². The molecule has 2 aromatic rings. The van der Waals surface area contributed by atoms with Crippen LogP contribution in [0.2, 0.25) is 0 Å². The first kappa shape index (κ1) is 17.2. The van der Waals surface area contributed by atoms with Gasteiger partial charge in [0.2, 0.25) is 0 Å². The Hall–Kier alpha value is -2.14. The van der Waals surface area contributed by atoms with E-state index in [1.54, 1.807) is 20.3 Å². The van der Waals surface area contributed by atoms with Crippen LogP contribution in [0.4, 0.5) is 0 Å². The summed E-state index contributed by atoms with van der Waals surface area (Å²) in [5.74, 6) is 0.484. The van der Waals surface area contributed by atoms with Gasteiger partial charge in [-0.15, -0.1) is 11.8 Å². The number of carboxylic acids is 1. The quantitative estimate of drug-likeness (QED) is 0.782. The zero-order chi connectivity index (χ0) is 16.8. The van der Waals surface area contributed by atoms with E-state index in [2.05, 4.69) is 0 Å². The fourth-order valence-electron chi connectivity index (χ4n) is 2.18. The Bertz CT molecular complexity index is 667. The van der Waals surface area contributed by atoms with Crippen molar-refractivity contribution in [3.8, 4) is 11.5 Å². The predicted octanol–water partition coefficient (Wildman–Crippen LogP) is 3.80. The molecule has 0 bridgehead atoms. The molecule has 0 heterocycles. The van der Waals surface area contributed by atoms with E-state index in [1.165, 1.54) is 11.8 Å². The van der Waals surface area contributed by atoms with Crippen molar-refractivity contribution >= 4 is 17.7 Å². The number of hydrogen-bond donors (Lipinski definition) is 1.